The van der Waals surface area contributed by atoms with Crippen LogP contribution in [0.2, 0.25) is 0 Å². The maximum atomic E-state index is 4.17. The van der Waals surface area contributed by atoms with Crippen molar-refractivity contribution in [2.75, 3.05) is 0 Å². The van der Waals surface area contributed by atoms with Crippen LogP contribution in [0, 0.1) is 13.8 Å². The minimum Gasteiger partial charge on any atom is -0.306 e. The number of benzene rings is 1. The molecule has 2 nitrogen and oxygen atoms in total. The fraction of sp³-hybridized carbons (Fsp3) is 0.312. The van der Waals surface area contributed by atoms with Crippen LogP contribution < -0.4 is 5.32 Å². The quantitative estimate of drug-likeness (QED) is 0.884. The lowest BCUT2D eigenvalue weighted by atomic mass is 10.1. The van der Waals surface area contributed by atoms with Gasteiger partial charge < -0.3 is 5.32 Å². The molecule has 1 N–H and O–H groups in total. The second kappa shape index (κ2) is 5.78. The van der Waals surface area contributed by atoms with Crippen LogP contribution >= 0.6 is 0 Å². The monoisotopic (exact) mass is 240 g/mol. The van der Waals surface area contributed by atoms with Crippen molar-refractivity contribution in [2.24, 2.45) is 0 Å². The first-order valence-corrected chi connectivity index (χ1v) is 6.36. The summed E-state index contributed by atoms with van der Waals surface area (Å²) in [5.41, 5.74) is 5.18. The Kier molecular flexibility index (Phi) is 4.11. The first-order valence-electron chi connectivity index (χ1n) is 6.36. The van der Waals surface area contributed by atoms with Gasteiger partial charge in [0, 0.05) is 25.0 Å². The van der Waals surface area contributed by atoms with E-state index < -0.39 is 0 Å². The Balaban J connectivity index is 2.00. The Bertz CT molecular complexity index is 520. The zero-order chi connectivity index (χ0) is 13.0. The van der Waals surface area contributed by atoms with Gasteiger partial charge in [0.25, 0.3) is 0 Å². The lowest BCUT2D eigenvalue weighted by molar-refractivity contribution is 0.572. The van der Waals surface area contributed by atoms with E-state index in [1.54, 1.807) is 0 Å². The molecule has 1 heterocycles. The number of hydrogen-bond donors (Lipinski definition) is 1. The molecule has 1 atom stereocenters. The van der Waals surface area contributed by atoms with Crippen LogP contribution in [0.1, 0.15) is 35.2 Å². The van der Waals surface area contributed by atoms with Gasteiger partial charge in [0.1, 0.15) is 0 Å². The maximum absolute atomic E-state index is 4.17. The Hall–Kier alpha value is -1.67. The number of pyridine rings is 1. The van der Waals surface area contributed by atoms with E-state index in [0.717, 1.165) is 6.54 Å². The summed E-state index contributed by atoms with van der Waals surface area (Å²) in [5.74, 6) is 0. The van der Waals surface area contributed by atoms with Gasteiger partial charge in [-0.1, -0.05) is 29.8 Å². The summed E-state index contributed by atoms with van der Waals surface area (Å²) < 4.78 is 0. The molecule has 0 aliphatic heterocycles. The maximum Gasteiger partial charge on any atom is 0.0315 e. The molecule has 0 fully saturated rings. The van der Waals surface area contributed by atoms with Crippen LogP contribution in [-0.2, 0) is 6.54 Å². The number of nitrogens with zero attached hydrogens (tertiary/aromatic N) is 1. The highest BCUT2D eigenvalue weighted by atomic mass is 14.9. The number of nitrogens with one attached hydrogen (secondary N) is 1. The van der Waals surface area contributed by atoms with E-state index >= 15 is 0 Å². The third kappa shape index (κ3) is 3.17. The predicted octanol–water partition coefficient (Wildman–Crippen LogP) is 3.55. The van der Waals surface area contributed by atoms with Gasteiger partial charge >= 0.3 is 0 Å². The average Bonchev–Trinajstić information content (AvgIpc) is 2.37. The lowest BCUT2D eigenvalue weighted by Gasteiger charge is -2.15. The molecule has 2 rings (SSSR count). The summed E-state index contributed by atoms with van der Waals surface area (Å²) >= 11 is 0. The molecule has 2 heteroatoms. The zero-order valence-corrected chi connectivity index (χ0v) is 11.3. The largest absolute Gasteiger partial charge is 0.306 e. The second-order valence-corrected chi connectivity index (χ2v) is 4.82. The van der Waals surface area contributed by atoms with E-state index in [1.807, 2.05) is 18.5 Å². The summed E-state index contributed by atoms with van der Waals surface area (Å²) in [6, 6.07) is 11.0. The number of hydrogen-bond acceptors (Lipinski definition) is 2. The molecule has 1 unspecified atom stereocenters. The predicted molar refractivity (Wildman–Crippen MR) is 75.4 cm³/mol. The molecule has 0 spiro atoms. The van der Waals surface area contributed by atoms with Crippen LogP contribution in [-0.4, -0.2) is 4.98 Å². The number of rotatable bonds is 4. The minimum absolute atomic E-state index is 0.351. The molecule has 1 aromatic carbocycles. The fourth-order valence-electron chi connectivity index (χ4n) is 2.00. The molecule has 0 aliphatic carbocycles. The molecule has 0 bridgehead atoms. The molecular weight excluding hydrogens is 220 g/mol. The Morgan fingerprint density at radius 3 is 2.78 bits per heavy atom. The summed E-state index contributed by atoms with van der Waals surface area (Å²) in [6.07, 6.45) is 3.77. The second-order valence-electron chi connectivity index (χ2n) is 4.82. The number of aryl methyl sites for hydroxylation is 2. The van der Waals surface area contributed by atoms with E-state index in [0.29, 0.717) is 6.04 Å². The molecule has 18 heavy (non-hydrogen) atoms. The van der Waals surface area contributed by atoms with E-state index in [9.17, 15) is 0 Å². The zero-order valence-electron chi connectivity index (χ0n) is 11.3. The summed E-state index contributed by atoms with van der Waals surface area (Å²) in [4.78, 5) is 4.17. The van der Waals surface area contributed by atoms with Gasteiger partial charge in [-0.2, -0.15) is 0 Å². The highest BCUT2D eigenvalue weighted by Gasteiger charge is 2.05. The van der Waals surface area contributed by atoms with Crippen molar-refractivity contribution in [3.05, 3.63) is 65.0 Å². The van der Waals surface area contributed by atoms with E-state index in [-0.39, 0.29) is 0 Å². The van der Waals surface area contributed by atoms with Crippen molar-refractivity contribution in [1.82, 2.24) is 10.3 Å². The molecule has 94 valence electrons. The van der Waals surface area contributed by atoms with Crippen molar-refractivity contribution in [3.63, 3.8) is 0 Å². The Labute approximate surface area is 109 Å². The first kappa shape index (κ1) is 12.8. The van der Waals surface area contributed by atoms with Crippen LogP contribution in [0.5, 0.6) is 0 Å². The number of aromatic nitrogens is 1. The normalized spacial score (nSPS) is 12.4. The van der Waals surface area contributed by atoms with Gasteiger partial charge in [-0.15, -0.1) is 0 Å². The highest BCUT2D eigenvalue weighted by Crippen LogP contribution is 2.15. The van der Waals surface area contributed by atoms with Crippen LogP contribution in [0.3, 0.4) is 0 Å². The van der Waals surface area contributed by atoms with Gasteiger partial charge in [-0.25, -0.2) is 0 Å². The molecule has 0 saturated carbocycles. The highest BCUT2D eigenvalue weighted by molar-refractivity contribution is 5.25. The molecule has 2 aromatic rings. The van der Waals surface area contributed by atoms with Gasteiger partial charge in [-0.05, 0) is 43.5 Å². The van der Waals surface area contributed by atoms with Crippen molar-refractivity contribution >= 4 is 0 Å². The summed E-state index contributed by atoms with van der Waals surface area (Å²) in [7, 11) is 0. The van der Waals surface area contributed by atoms with E-state index in [2.05, 4.69) is 55.3 Å². The standard InChI is InChI=1S/C16H20N2/c1-12-5-4-6-15(9-12)14(3)18-11-16-10-17-8-7-13(16)2/h4-10,14,18H,11H2,1-3H3. The van der Waals surface area contributed by atoms with E-state index in [4.69, 9.17) is 0 Å². The van der Waals surface area contributed by atoms with Gasteiger partial charge in [0.05, 0.1) is 0 Å². The van der Waals surface area contributed by atoms with Gasteiger partial charge in [0.15, 0.2) is 0 Å². The molecule has 0 amide bonds. The average molecular weight is 240 g/mol. The minimum atomic E-state index is 0.351. The fourth-order valence-corrected chi connectivity index (χ4v) is 2.00. The third-order valence-corrected chi connectivity index (χ3v) is 3.29. The topological polar surface area (TPSA) is 24.9 Å². The van der Waals surface area contributed by atoms with Crippen LogP contribution in [0.25, 0.3) is 0 Å². The van der Waals surface area contributed by atoms with Crippen molar-refractivity contribution in [1.29, 1.82) is 0 Å². The Morgan fingerprint density at radius 2 is 2.06 bits per heavy atom. The third-order valence-electron chi connectivity index (χ3n) is 3.29. The first-order chi connectivity index (χ1) is 8.66. The Morgan fingerprint density at radius 1 is 1.22 bits per heavy atom. The van der Waals surface area contributed by atoms with Crippen molar-refractivity contribution in [2.45, 2.75) is 33.4 Å². The molecular formula is C16H20N2. The van der Waals surface area contributed by atoms with Crippen molar-refractivity contribution in [3.8, 4) is 0 Å². The smallest absolute Gasteiger partial charge is 0.0315 e. The SMILES string of the molecule is Cc1cccc(C(C)NCc2cnccc2C)c1. The molecule has 1 aromatic heterocycles. The molecule has 0 aliphatic rings. The van der Waals surface area contributed by atoms with Gasteiger partial charge in [0.2, 0.25) is 0 Å². The lowest BCUT2D eigenvalue weighted by Crippen LogP contribution is -2.18. The molecule has 0 radical (unpaired) electrons. The van der Waals surface area contributed by atoms with Gasteiger partial charge in [-0.3, -0.25) is 4.98 Å². The van der Waals surface area contributed by atoms with Crippen LogP contribution in [0.4, 0.5) is 0 Å². The van der Waals surface area contributed by atoms with Crippen molar-refractivity contribution < 1.29 is 0 Å². The summed E-state index contributed by atoms with van der Waals surface area (Å²) in [5, 5.41) is 3.54. The van der Waals surface area contributed by atoms with Crippen LogP contribution in [0.15, 0.2) is 42.7 Å². The van der Waals surface area contributed by atoms with E-state index in [1.165, 1.54) is 22.3 Å². The summed E-state index contributed by atoms with van der Waals surface area (Å²) in [6.45, 7) is 7.30. The molecule has 0 saturated heterocycles.